The summed E-state index contributed by atoms with van der Waals surface area (Å²) in [5, 5.41) is 4.03. The molecule has 1 heterocycles. The number of hydrogen-bond acceptors (Lipinski definition) is 4. The predicted molar refractivity (Wildman–Crippen MR) is 101 cm³/mol. The fraction of sp³-hybridized carbons (Fsp3) is 0.286. The average molecular weight is 353 g/mol. The number of rotatable bonds is 7. The standard InChI is InChI=1S/C21H23NO4/c1-14(19-13-16-6-4-5-7-17(16)26-19)22-21(23)11-9-15-8-10-18(24-2)20(12-15)25-3/h4-8,10,12-14H,9,11H2,1-3H3,(H,22,23)/t14-/m1/s1. The molecule has 0 aliphatic carbocycles. The summed E-state index contributed by atoms with van der Waals surface area (Å²) in [5.74, 6) is 2.08. The van der Waals surface area contributed by atoms with E-state index in [0.717, 1.165) is 22.3 Å². The molecule has 3 aromatic rings. The van der Waals surface area contributed by atoms with Gasteiger partial charge in [-0.05, 0) is 43.2 Å². The molecule has 136 valence electrons. The Labute approximate surface area is 152 Å². The Bertz CT molecular complexity index is 867. The summed E-state index contributed by atoms with van der Waals surface area (Å²) in [4.78, 5) is 12.3. The van der Waals surface area contributed by atoms with Gasteiger partial charge in [0, 0.05) is 11.8 Å². The number of nitrogens with one attached hydrogen (secondary N) is 1. The maximum atomic E-state index is 12.3. The number of amides is 1. The van der Waals surface area contributed by atoms with Crippen molar-refractivity contribution in [1.29, 1.82) is 0 Å². The number of furan rings is 1. The Kier molecular flexibility index (Phi) is 5.46. The lowest BCUT2D eigenvalue weighted by Gasteiger charge is -2.12. The summed E-state index contributed by atoms with van der Waals surface area (Å²) < 4.78 is 16.3. The van der Waals surface area contributed by atoms with Crippen molar-refractivity contribution < 1.29 is 18.7 Å². The summed E-state index contributed by atoms with van der Waals surface area (Å²) in [6.07, 6.45) is 1.01. The Morgan fingerprint density at radius 1 is 1.08 bits per heavy atom. The molecule has 1 amide bonds. The van der Waals surface area contributed by atoms with E-state index < -0.39 is 0 Å². The van der Waals surface area contributed by atoms with Gasteiger partial charge in [-0.1, -0.05) is 24.3 Å². The molecule has 5 heteroatoms. The second-order valence-electron chi connectivity index (χ2n) is 6.17. The number of methoxy groups -OCH3 is 2. The van der Waals surface area contributed by atoms with Crippen LogP contribution in [0.5, 0.6) is 11.5 Å². The van der Waals surface area contributed by atoms with Crippen LogP contribution < -0.4 is 14.8 Å². The molecule has 2 aromatic carbocycles. The highest BCUT2D eigenvalue weighted by Gasteiger charge is 2.14. The van der Waals surface area contributed by atoms with E-state index in [9.17, 15) is 4.79 Å². The molecule has 1 atom stereocenters. The molecule has 26 heavy (non-hydrogen) atoms. The van der Waals surface area contributed by atoms with Gasteiger partial charge in [-0.25, -0.2) is 0 Å². The largest absolute Gasteiger partial charge is 0.493 e. The van der Waals surface area contributed by atoms with Gasteiger partial charge < -0.3 is 19.2 Å². The molecule has 0 aliphatic heterocycles. The lowest BCUT2D eigenvalue weighted by atomic mass is 10.1. The summed E-state index contributed by atoms with van der Waals surface area (Å²) in [6.45, 7) is 1.92. The molecular formula is C21H23NO4. The first-order valence-electron chi connectivity index (χ1n) is 8.59. The van der Waals surface area contributed by atoms with Gasteiger partial charge in [0.1, 0.15) is 11.3 Å². The lowest BCUT2D eigenvalue weighted by molar-refractivity contribution is -0.121. The highest BCUT2D eigenvalue weighted by atomic mass is 16.5. The number of para-hydroxylation sites is 1. The van der Waals surface area contributed by atoms with Crippen LogP contribution >= 0.6 is 0 Å². The Morgan fingerprint density at radius 3 is 2.58 bits per heavy atom. The molecular weight excluding hydrogens is 330 g/mol. The van der Waals surface area contributed by atoms with Crippen molar-refractivity contribution >= 4 is 16.9 Å². The lowest BCUT2D eigenvalue weighted by Crippen LogP contribution is -2.26. The number of fused-ring (bicyclic) bond motifs is 1. The fourth-order valence-corrected chi connectivity index (χ4v) is 2.89. The molecule has 1 N–H and O–H groups in total. The second-order valence-corrected chi connectivity index (χ2v) is 6.17. The minimum Gasteiger partial charge on any atom is -0.493 e. The molecule has 5 nitrogen and oxygen atoms in total. The van der Waals surface area contributed by atoms with E-state index in [4.69, 9.17) is 13.9 Å². The van der Waals surface area contributed by atoms with Crippen molar-refractivity contribution in [3.63, 3.8) is 0 Å². The SMILES string of the molecule is COc1ccc(CCC(=O)N[C@H](C)c2cc3ccccc3o2)cc1OC. The van der Waals surface area contributed by atoms with Crippen LogP contribution in [0.15, 0.2) is 52.9 Å². The van der Waals surface area contributed by atoms with E-state index in [0.29, 0.717) is 24.3 Å². The van der Waals surface area contributed by atoms with Crippen LogP contribution in [0, 0.1) is 0 Å². The van der Waals surface area contributed by atoms with Crippen LogP contribution in [-0.4, -0.2) is 20.1 Å². The average Bonchev–Trinajstić information content (AvgIpc) is 3.10. The summed E-state index contributed by atoms with van der Waals surface area (Å²) >= 11 is 0. The molecule has 0 aliphatic rings. The third-order valence-electron chi connectivity index (χ3n) is 4.34. The van der Waals surface area contributed by atoms with Crippen molar-refractivity contribution in [3.05, 3.63) is 59.9 Å². The van der Waals surface area contributed by atoms with E-state index in [1.54, 1.807) is 14.2 Å². The number of hydrogen-bond donors (Lipinski definition) is 1. The molecule has 0 saturated heterocycles. The van der Waals surface area contributed by atoms with Crippen molar-refractivity contribution in [2.24, 2.45) is 0 Å². The van der Waals surface area contributed by atoms with E-state index in [1.807, 2.05) is 55.5 Å². The first-order valence-corrected chi connectivity index (χ1v) is 8.59. The third kappa shape index (κ3) is 3.99. The molecule has 0 bridgehead atoms. The topological polar surface area (TPSA) is 60.7 Å². The summed E-state index contributed by atoms with van der Waals surface area (Å²) in [6, 6.07) is 15.3. The van der Waals surface area contributed by atoms with Gasteiger partial charge in [0.05, 0.1) is 20.3 Å². The number of benzene rings is 2. The minimum atomic E-state index is -0.180. The molecule has 0 spiro atoms. The van der Waals surface area contributed by atoms with Gasteiger partial charge >= 0.3 is 0 Å². The zero-order valence-electron chi connectivity index (χ0n) is 15.2. The van der Waals surface area contributed by atoms with Gasteiger partial charge in [-0.15, -0.1) is 0 Å². The van der Waals surface area contributed by atoms with Crippen molar-refractivity contribution in [2.75, 3.05) is 14.2 Å². The van der Waals surface area contributed by atoms with Gasteiger partial charge in [-0.3, -0.25) is 4.79 Å². The predicted octanol–water partition coefficient (Wildman–Crippen LogP) is 4.26. The quantitative estimate of drug-likeness (QED) is 0.689. The van der Waals surface area contributed by atoms with Crippen LogP contribution in [0.3, 0.4) is 0 Å². The van der Waals surface area contributed by atoms with Crippen LogP contribution in [-0.2, 0) is 11.2 Å². The van der Waals surface area contributed by atoms with E-state index in [2.05, 4.69) is 5.32 Å². The Balaban J connectivity index is 1.58. The number of ether oxygens (including phenoxy) is 2. The van der Waals surface area contributed by atoms with E-state index in [1.165, 1.54) is 0 Å². The van der Waals surface area contributed by atoms with Gasteiger partial charge in [-0.2, -0.15) is 0 Å². The van der Waals surface area contributed by atoms with E-state index >= 15 is 0 Å². The summed E-state index contributed by atoms with van der Waals surface area (Å²) in [5.41, 5.74) is 1.85. The smallest absolute Gasteiger partial charge is 0.220 e. The normalized spacial score (nSPS) is 12.0. The maximum absolute atomic E-state index is 12.3. The van der Waals surface area contributed by atoms with Crippen LogP contribution in [0.2, 0.25) is 0 Å². The first kappa shape index (κ1) is 17.9. The highest BCUT2D eigenvalue weighted by molar-refractivity contribution is 5.79. The van der Waals surface area contributed by atoms with Crippen molar-refractivity contribution in [2.45, 2.75) is 25.8 Å². The Hall–Kier alpha value is -2.95. The second kappa shape index (κ2) is 7.95. The molecule has 0 unspecified atom stereocenters. The third-order valence-corrected chi connectivity index (χ3v) is 4.34. The van der Waals surface area contributed by atoms with Crippen LogP contribution in [0.25, 0.3) is 11.0 Å². The number of carbonyl (C=O) groups excluding carboxylic acids is 1. The molecule has 0 radical (unpaired) electrons. The molecule has 3 rings (SSSR count). The van der Waals surface area contributed by atoms with Crippen LogP contribution in [0.4, 0.5) is 0 Å². The maximum Gasteiger partial charge on any atom is 0.220 e. The zero-order valence-corrected chi connectivity index (χ0v) is 15.2. The monoisotopic (exact) mass is 353 g/mol. The fourth-order valence-electron chi connectivity index (χ4n) is 2.89. The van der Waals surface area contributed by atoms with Crippen LogP contribution in [0.1, 0.15) is 30.7 Å². The number of aryl methyl sites for hydroxylation is 1. The summed E-state index contributed by atoms with van der Waals surface area (Å²) in [7, 11) is 3.20. The molecule has 1 aromatic heterocycles. The van der Waals surface area contributed by atoms with Gasteiger partial charge in [0.15, 0.2) is 11.5 Å². The van der Waals surface area contributed by atoms with E-state index in [-0.39, 0.29) is 11.9 Å². The van der Waals surface area contributed by atoms with Gasteiger partial charge in [0.25, 0.3) is 0 Å². The highest BCUT2D eigenvalue weighted by Crippen LogP contribution is 2.28. The van der Waals surface area contributed by atoms with Crippen molar-refractivity contribution in [3.8, 4) is 11.5 Å². The zero-order chi connectivity index (χ0) is 18.5. The molecule has 0 fully saturated rings. The Morgan fingerprint density at radius 2 is 1.85 bits per heavy atom. The molecule has 0 saturated carbocycles. The van der Waals surface area contributed by atoms with Gasteiger partial charge in [0.2, 0.25) is 5.91 Å². The minimum absolute atomic E-state index is 0.0206. The first-order chi connectivity index (χ1) is 12.6. The van der Waals surface area contributed by atoms with Crippen molar-refractivity contribution in [1.82, 2.24) is 5.32 Å². The number of carbonyl (C=O) groups is 1.